The van der Waals surface area contributed by atoms with Crippen molar-refractivity contribution in [1.82, 2.24) is 10.2 Å². The van der Waals surface area contributed by atoms with E-state index in [-0.39, 0.29) is 0 Å². The van der Waals surface area contributed by atoms with Crippen molar-refractivity contribution in [3.05, 3.63) is 11.6 Å². The lowest BCUT2D eigenvalue weighted by atomic mass is 10.0. The third kappa shape index (κ3) is 5.91. The number of allylic oxidation sites excluding steroid dienone is 1. The Morgan fingerprint density at radius 2 is 2.12 bits per heavy atom. The van der Waals surface area contributed by atoms with Crippen LogP contribution in [0.4, 0.5) is 0 Å². The Morgan fingerprint density at radius 1 is 1.47 bits per heavy atom. The van der Waals surface area contributed by atoms with Gasteiger partial charge in [-0.3, -0.25) is 4.90 Å². The summed E-state index contributed by atoms with van der Waals surface area (Å²) in [4.78, 5) is 2.52. The van der Waals surface area contributed by atoms with Crippen molar-refractivity contribution in [2.24, 2.45) is 0 Å². The predicted octanol–water partition coefficient (Wildman–Crippen LogP) is 2.42. The molecule has 0 radical (unpaired) electrons. The number of rotatable bonds is 5. The van der Waals surface area contributed by atoms with Gasteiger partial charge in [-0.05, 0) is 46.7 Å². The molecule has 1 atom stereocenters. The minimum absolute atomic E-state index is 0.453. The number of terminal acetylenes is 1. The Kier molecular flexibility index (Phi) is 6.32. The van der Waals surface area contributed by atoms with Crippen molar-refractivity contribution in [2.45, 2.75) is 52.1 Å². The Labute approximate surface area is 106 Å². The molecule has 1 N–H and O–H groups in total. The van der Waals surface area contributed by atoms with Crippen molar-refractivity contribution >= 4 is 0 Å². The molecular formula is C15H26N2. The molecule has 1 aliphatic rings. The highest BCUT2D eigenvalue weighted by atomic mass is 15.1. The number of likely N-dealkylation sites (tertiary alicyclic amines) is 1. The number of nitrogens with one attached hydrogen (secondary N) is 1. The molecule has 0 bridgehead atoms. The second-order valence-corrected chi connectivity index (χ2v) is 5.33. The molecule has 0 spiro atoms. The average molecular weight is 234 g/mol. The molecule has 0 aromatic heterocycles. The molecule has 0 aromatic carbocycles. The van der Waals surface area contributed by atoms with Gasteiger partial charge in [-0.1, -0.05) is 11.6 Å². The lowest BCUT2D eigenvalue weighted by molar-refractivity contribution is 0.208. The molecular weight excluding hydrogens is 208 g/mol. The summed E-state index contributed by atoms with van der Waals surface area (Å²) in [7, 11) is 0. The lowest BCUT2D eigenvalue weighted by Crippen LogP contribution is -2.45. The van der Waals surface area contributed by atoms with E-state index in [1.165, 1.54) is 31.5 Å². The van der Waals surface area contributed by atoms with Gasteiger partial charge < -0.3 is 5.32 Å². The van der Waals surface area contributed by atoms with Gasteiger partial charge in [0.1, 0.15) is 0 Å². The van der Waals surface area contributed by atoms with E-state index in [2.05, 4.69) is 43.0 Å². The Bertz CT molecular complexity index is 276. The molecule has 1 fully saturated rings. The standard InChI is InChI=1S/C15H26N2/c1-5-6-14(4)16-15-8-11-17(12-9-15)10-7-13(2)3/h1,7,14-16H,6,8-12H2,2-4H3. The Morgan fingerprint density at radius 3 is 2.65 bits per heavy atom. The van der Waals surface area contributed by atoms with Gasteiger partial charge in [0.15, 0.2) is 0 Å². The van der Waals surface area contributed by atoms with E-state index in [1.807, 2.05) is 0 Å². The number of hydrogen-bond acceptors (Lipinski definition) is 2. The van der Waals surface area contributed by atoms with Gasteiger partial charge in [-0.25, -0.2) is 0 Å². The van der Waals surface area contributed by atoms with Gasteiger partial charge in [-0.2, -0.15) is 0 Å². The van der Waals surface area contributed by atoms with Crippen LogP contribution in [0.1, 0.15) is 40.0 Å². The predicted molar refractivity (Wildman–Crippen MR) is 74.9 cm³/mol. The van der Waals surface area contributed by atoms with Crippen molar-refractivity contribution in [2.75, 3.05) is 19.6 Å². The largest absolute Gasteiger partial charge is 0.310 e. The summed E-state index contributed by atoms with van der Waals surface area (Å²) in [6.07, 6.45) is 10.9. The maximum Gasteiger partial charge on any atom is 0.0238 e. The molecule has 96 valence electrons. The molecule has 1 heterocycles. The van der Waals surface area contributed by atoms with E-state index >= 15 is 0 Å². The van der Waals surface area contributed by atoms with E-state index in [9.17, 15) is 0 Å². The van der Waals surface area contributed by atoms with Crippen molar-refractivity contribution in [1.29, 1.82) is 0 Å². The van der Waals surface area contributed by atoms with Crippen LogP contribution in [-0.4, -0.2) is 36.6 Å². The minimum atomic E-state index is 0.453. The summed E-state index contributed by atoms with van der Waals surface area (Å²) in [5.41, 5.74) is 1.41. The van der Waals surface area contributed by atoms with Crippen LogP contribution in [0.25, 0.3) is 0 Å². The fourth-order valence-electron chi connectivity index (χ4n) is 2.23. The van der Waals surface area contributed by atoms with Crippen LogP contribution < -0.4 is 5.32 Å². The van der Waals surface area contributed by atoms with Crippen LogP contribution in [0.3, 0.4) is 0 Å². The molecule has 0 aromatic rings. The molecule has 2 heteroatoms. The lowest BCUT2D eigenvalue weighted by Gasteiger charge is -2.33. The Hall–Kier alpha value is -0.780. The highest BCUT2D eigenvalue weighted by Gasteiger charge is 2.19. The molecule has 1 aliphatic heterocycles. The molecule has 0 amide bonds. The van der Waals surface area contributed by atoms with E-state index in [0.29, 0.717) is 12.1 Å². The first kappa shape index (κ1) is 14.3. The van der Waals surface area contributed by atoms with Gasteiger partial charge in [0.25, 0.3) is 0 Å². The van der Waals surface area contributed by atoms with Crippen LogP contribution in [0, 0.1) is 12.3 Å². The quantitative estimate of drug-likeness (QED) is 0.580. The molecule has 17 heavy (non-hydrogen) atoms. The maximum absolute atomic E-state index is 5.32. The number of nitrogens with zero attached hydrogens (tertiary/aromatic N) is 1. The highest BCUT2D eigenvalue weighted by molar-refractivity contribution is 4.96. The average Bonchev–Trinajstić information content (AvgIpc) is 2.28. The third-order valence-electron chi connectivity index (χ3n) is 3.29. The normalized spacial score (nSPS) is 19.6. The van der Waals surface area contributed by atoms with E-state index < -0.39 is 0 Å². The van der Waals surface area contributed by atoms with Gasteiger partial charge in [0, 0.05) is 25.0 Å². The van der Waals surface area contributed by atoms with Crippen molar-refractivity contribution in [3.63, 3.8) is 0 Å². The van der Waals surface area contributed by atoms with E-state index in [0.717, 1.165) is 13.0 Å². The van der Waals surface area contributed by atoms with Gasteiger partial charge in [0.2, 0.25) is 0 Å². The first-order chi connectivity index (χ1) is 8.11. The molecule has 1 saturated heterocycles. The van der Waals surface area contributed by atoms with Crippen LogP contribution in [-0.2, 0) is 0 Å². The first-order valence-corrected chi connectivity index (χ1v) is 6.67. The molecule has 0 aliphatic carbocycles. The zero-order valence-electron chi connectivity index (χ0n) is 11.5. The van der Waals surface area contributed by atoms with E-state index in [1.54, 1.807) is 0 Å². The van der Waals surface area contributed by atoms with Crippen molar-refractivity contribution < 1.29 is 0 Å². The summed E-state index contributed by atoms with van der Waals surface area (Å²) in [6.45, 7) is 10.0. The van der Waals surface area contributed by atoms with Crippen LogP contribution in [0.2, 0.25) is 0 Å². The molecule has 2 nitrogen and oxygen atoms in total. The summed E-state index contributed by atoms with van der Waals surface area (Å²) in [6, 6.07) is 1.11. The zero-order chi connectivity index (χ0) is 12.7. The zero-order valence-corrected chi connectivity index (χ0v) is 11.5. The SMILES string of the molecule is C#CCC(C)NC1CCN(CC=C(C)C)CC1. The van der Waals surface area contributed by atoms with Gasteiger partial charge in [0.05, 0.1) is 0 Å². The maximum atomic E-state index is 5.32. The second kappa shape index (κ2) is 7.53. The van der Waals surface area contributed by atoms with Gasteiger partial charge in [-0.15, -0.1) is 12.3 Å². The summed E-state index contributed by atoms with van der Waals surface area (Å²) in [5, 5.41) is 3.62. The van der Waals surface area contributed by atoms with Crippen LogP contribution in [0.5, 0.6) is 0 Å². The van der Waals surface area contributed by atoms with Crippen LogP contribution >= 0.6 is 0 Å². The summed E-state index contributed by atoms with van der Waals surface area (Å²) < 4.78 is 0. The second-order valence-electron chi connectivity index (χ2n) is 5.33. The smallest absolute Gasteiger partial charge is 0.0238 e. The summed E-state index contributed by atoms with van der Waals surface area (Å²) >= 11 is 0. The fourth-order valence-corrected chi connectivity index (χ4v) is 2.23. The monoisotopic (exact) mass is 234 g/mol. The minimum Gasteiger partial charge on any atom is -0.310 e. The molecule has 1 rings (SSSR count). The topological polar surface area (TPSA) is 15.3 Å². The molecule has 0 saturated carbocycles. The third-order valence-corrected chi connectivity index (χ3v) is 3.29. The number of hydrogen-bond donors (Lipinski definition) is 1. The number of piperidine rings is 1. The first-order valence-electron chi connectivity index (χ1n) is 6.67. The highest BCUT2D eigenvalue weighted by Crippen LogP contribution is 2.11. The fraction of sp³-hybridized carbons (Fsp3) is 0.733. The van der Waals surface area contributed by atoms with Crippen molar-refractivity contribution in [3.8, 4) is 12.3 Å². The Balaban J connectivity index is 2.22. The summed E-state index contributed by atoms with van der Waals surface area (Å²) in [5.74, 6) is 2.72. The van der Waals surface area contributed by atoms with Gasteiger partial charge >= 0.3 is 0 Å². The van der Waals surface area contributed by atoms with Crippen LogP contribution in [0.15, 0.2) is 11.6 Å². The molecule has 1 unspecified atom stereocenters. The van der Waals surface area contributed by atoms with E-state index in [4.69, 9.17) is 6.42 Å².